The molecule has 1 unspecified atom stereocenters. The molecular formula is C15H27BrN4. The van der Waals surface area contributed by atoms with Gasteiger partial charge in [0.05, 0.1) is 15.9 Å². The van der Waals surface area contributed by atoms with Crippen LogP contribution in [-0.4, -0.2) is 52.3 Å². The molecule has 1 aromatic heterocycles. The largest absolute Gasteiger partial charge is 0.299 e. The monoisotopic (exact) mass is 342 g/mol. The predicted molar refractivity (Wildman–Crippen MR) is 86.9 cm³/mol. The van der Waals surface area contributed by atoms with Crippen molar-refractivity contribution in [2.45, 2.75) is 45.7 Å². The minimum Gasteiger partial charge on any atom is -0.299 e. The Morgan fingerprint density at radius 2 is 2.15 bits per heavy atom. The summed E-state index contributed by atoms with van der Waals surface area (Å²) in [6.45, 7) is 8.96. The number of nitrogens with zero attached hydrogens (tertiary/aromatic N) is 4. The molecule has 1 aromatic rings. The Morgan fingerprint density at radius 3 is 2.75 bits per heavy atom. The van der Waals surface area contributed by atoms with Crippen LogP contribution >= 0.6 is 15.9 Å². The summed E-state index contributed by atoms with van der Waals surface area (Å²) in [6.07, 6.45) is 3.66. The molecule has 20 heavy (non-hydrogen) atoms. The summed E-state index contributed by atoms with van der Waals surface area (Å²) in [4.78, 5) is 5.03. The van der Waals surface area contributed by atoms with E-state index in [9.17, 15) is 0 Å². The smallest absolute Gasteiger partial charge is 0.0767 e. The fourth-order valence-corrected chi connectivity index (χ4v) is 3.93. The molecule has 2 heterocycles. The number of aryl methyl sites for hydroxylation is 2. The lowest BCUT2D eigenvalue weighted by molar-refractivity contribution is 0.192. The summed E-state index contributed by atoms with van der Waals surface area (Å²) >= 11 is 3.71. The van der Waals surface area contributed by atoms with Crippen molar-refractivity contribution in [3.63, 3.8) is 0 Å². The average molecular weight is 343 g/mol. The van der Waals surface area contributed by atoms with Crippen LogP contribution in [0.15, 0.2) is 4.47 Å². The van der Waals surface area contributed by atoms with Crippen LogP contribution in [0.1, 0.15) is 38.1 Å². The predicted octanol–water partition coefficient (Wildman–Crippen LogP) is 2.66. The van der Waals surface area contributed by atoms with Crippen molar-refractivity contribution in [2.75, 3.05) is 26.7 Å². The first-order valence-electron chi connectivity index (χ1n) is 7.69. The maximum Gasteiger partial charge on any atom is 0.0767 e. The van der Waals surface area contributed by atoms with Gasteiger partial charge < -0.3 is 0 Å². The number of rotatable bonds is 6. The van der Waals surface area contributed by atoms with Crippen molar-refractivity contribution in [3.8, 4) is 0 Å². The second kappa shape index (κ2) is 7.05. The van der Waals surface area contributed by atoms with E-state index < -0.39 is 0 Å². The van der Waals surface area contributed by atoms with Gasteiger partial charge in [-0.05, 0) is 55.3 Å². The first-order valence-corrected chi connectivity index (χ1v) is 8.48. The Hall–Kier alpha value is -0.390. The molecule has 1 aliphatic rings. The van der Waals surface area contributed by atoms with Crippen molar-refractivity contribution in [1.82, 2.24) is 19.6 Å². The molecule has 114 valence electrons. The van der Waals surface area contributed by atoms with Crippen LogP contribution in [0.2, 0.25) is 0 Å². The molecular weight excluding hydrogens is 316 g/mol. The highest BCUT2D eigenvalue weighted by Crippen LogP contribution is 2.23. The second-order valence-corrected chi connectivity index (χ2v) is 6.60. The second-order valence-electron chi connectivity index (χ2n) is 5.81. The minimum atomic E-state index is 0.725. The minimum absolute atomic E-state index is 0.725. The molecule has 5 heteroatoms. The molecule has 4 nitrogen and oxygen atoms in total. The van der Waals surface area contributed by atoms with Crippen LogP contribution in [-0.2, 0) is 20.0 Å². The molecule has 2 rings (SSSR count). The quantitative estimate of drug-likeness (QED) is 0.794. The van der Waals surface area contributed by atoms with Gasteiger partial charge in [0.25, 0.3) is 0 Å². The van der Waals surface area contributed by atoms with Crippen LogP contribution in [0.5, 0.6) is 0 Å². The molecule has 0 amide bonds. The van der Waals surface area contributed by atoms with E-state index in [0.717, 1.165) is 31.2 Å². The maximum absolute atomic E-state index is 4.58. The van der Waals surface area contributed by atoms with Gasteiger partial charge in [-0.15, -0.1) is 0 Å². The van der Waals surface area contributed by atoms with Gasteiger partial charge in [0.2, 0.25) is 0 Å². The van der Waals surface area contributed by atoms with Gasteiger partial charge in [-0.1, -0.05) is 13.8 Å². The summed E-state index contributed by atoms with van der Waals surface area (Å²) in [7, 11) is 4.26. The highest BCUT2D eigenvalue weighted by atomic mass is 79.9. The van der Waals surface area contributed by atoms with E-state index >= 15 is 0 Å². The molecule has 0 saturated carbocycles. The molecule has 0 radical (unpaired) electrons. The van der Waals surface area contributed by atoms with Crippen LogP contribution in [0.3, 0.4) is 0 Å². The zero-order valence-electron chi connectivity index (χ0n) is 13.2. The van der Waals surface area contributed by atoms with Gasteiger partial charge in [0.15, 0.2) is 0 Å². The third-order valence-electron chi connectivity index (χ3n) is 4.35. The van der Waals surface area contributed by atoms with Gasteiger partial charge in [0, 0.05) is 26.2 Å². The lowest BCUT2D eigenvalue weighted by Crippen LogP contribution is -2.38. The van der Waals surface area contributed by atoms with Crippen LogP contribution in [0.4, 0.5) is 0 Å². The third kappa shape index (κ3) is 3.43. The van der Waals surface area contributed by atoms with Gasteiger partial charge >= 0.3 is 0 Å². The standard InChI is InChI=1S/C15H27BrN4/c1-5-13-15(16)14(19(4)17-13)11-18(3)10-12-8-7-9-20(12)6-2/h12H,5-11H2,1-4H3. The lowest BCUT2D eigenvalue weighted by atomic mass is 10.2. The highest BCUT2D eigenvalue weighted by Gasteiger charge is 2.24. The van der Waals surface area contributed by atoms with Gasteiger partial charge in [-0.2, -0.15) is 5.10 Å². The molecule has 1 atom stereocenters. The number of likely N-dealkylation sites (N-methyl/N-ethyl adjacent to an activating group) is 2. The maximum atomic E-state index is 4.58. The zero-order valence-corrected chi connectivity index (χ0v) is 14.8. The van der Waals surface area contributed by atoms with Crippen LogP contribution in [0, 0.1) is 0 Å². The summed E-state index contributed by atoms with van der Waals surface area (Å²) < 4.78 is 3.21. The van der Waals surface area contributed by atoms with Gasteiger partial charge in [0.1, 0.15) is 0 Å². The van der Waals surface area contributed by atoms with Crippen molar-refractivity contribution in [2.24, 2.45) is 7.05 Å². The SMILES string of the molecule is CCc1nn(C)c(CN(C)CC2CCCN2CC)c1Br. The van der Waals surface area contributed by atoms with Crippen LogP contribution < -0.4 is 0 Å². The van der Waals surface area contributed by atoms with E-state index in [1.54, 1.807) is 0 Å². The Balaban J connectivity index is 1.97. The summed E-state index contributed by atoms with van der Waals surface area (Å²) in [6, 6.07) is 0.725. The lowest BCUT2D eigenvalue weighted by Gasteiger charge is -2.27. The van der Waals surface area contributed by atoms with Crippen LogP contribution in [0.25, 0.3) is 0 Å². The highest BCUT2D eigenvalue weighted by molar-refractivity contribution is 9.10. The summed E-state index contributed by atoms with van der Waals surface area (Å²) in [5.41, 5.74) is 2.44. The Bertz CT molecular complexity index is 443. The molecule has 0 spiro atoms. The Labute approximate surface area is 131 Å². The van der Waals surface area contributed by atoms with E-state index in [0.29, 0.717) is 0 Å². The zero-order chi connectivity index (χ0) is 14.7. The number of halogens is 1. The number of aromatic nitrogens is 2. The van der Waals surface area contributed by atoms with E-state index in [1.165, 1.54) is 36.1 Å². The summed E-state index contributed by atoms with van der Waals surface area (Å²) in [5, 5.41) is 4.58. The van der Waals surface area contributed by atoms with E-state index in [2.05, 4.69) is 51.7 Å². The molecule has 0 bridgehead atoms. The van der Waals surface area contributed by atoms with Gasteiger partial charge in [-0.25, -0.2) is 0 Å². The molecule has 0 N–H and O–H groups in total. The molecule has 0 aliphatic carbocycles. The number of hydrogen-bond donors (Lipinski definition) is 0. The van der Waals surface area contributed by atoms with Crippen molar-refractivity contribution in [1.29, 1.82) is 0 Å². The number of hydrogen-bond acceptors (Lipinski definition) is 3. The van der Waals surface area contributed by atoms with Gasteiger partial charge in [-0.3, -0.25) is 14.5 Å². The third-order valence-corrected chi connectivity index (χ3v) is 5.27. The topological polar surface area (TPSA) is 24.3 Å². The van der Waals surface area contributed by atoms with E-state index in [1.807, 2.05) is 11.7 Å². The summed E-state index contributed by atoms with van der Waals surface area (Å²) in [5.74, 6) is 0. The average Bonchev–Trinajstić information content (AvgIpc) is 2.97. The van der Waals surface area contributed by atoms with E-state index in [4.69, 9.17) is 0 Å². The van der Waals surface area contributed by atoms with E-state index in [-0.39, 0.29) is 0 Å². The number of likely N-dealkylation sites (tertiary alicyclic amines) is 1. The molecule has 1 aliphatic heterocycles. The van der Waals surface area contributed by atoms with Crippen molar-refractivity contribution < 1.29 is 0 Å². The fraction of sp³-hybridized carbons (Fsp3) is 0.800. The fourth-order valence-electron chi connectivity index (χ4n) is 3.19. The first kappa shape index (κ1) is 16.0. The molecule has 0 aromatic carbocycles. The van der Waals surface area contributed by atoms with Crippen molar-refractivity contribution >= 4 is 15.9 Å². The Morgan fingerprint density at radius 1 is 1.40 bits per heavy atom. The molecule has 1 saturated heterocycles. The first-order chi connectivity index (χ1) is 9.56. The Kier molecular flexibility index (Phi) is 5.64. The molecule has 1 fully saturated rings. The normalized spacial score (nSPS) is 20.2. The van der Waals surface area contributed by atoms with Crippen molar-refractivity contribution in [3.05, 3.63) is 15.9 Å².